The van der Waals surface area contributed by atoms with Gasteiger partial charge in [-0.2, -0.15) is 0 Å². The van der Waals surface area contributed by atoms with Crippen molar-refractivity contribution < 1.29 is 9.90 Å². The second-order valence-corrected chi connectivity index (χ2v) is 3.43. The van der Waals surface area contributed by atoms with Gasteiger partial charge >= 0.3 is 5.97 Å². The van der Waals surface area contributed by atoms with E-state index in [1.165, 1.54) is 6.33 Å². The van der Waals surface area contributed by atoms with Gasteiger partial charge in [-0.25, -0.2) is 4.98 Å². The van der Waals surface area contributed by atoms with Crippen LogP contribution in [0.15, 0.2) is 11.1 Å². The van der Waals surface area contributed by atoms with Gasteiger partial charge in [-0.15, -0.1) is 0 Å². The lowest BCUT2D eigenvalue weighted by Gasteiger charge is -2.05. The number of aryl methyl sites for hydroxylation is 1. The molecular formula is C9H10N2O3. The van der Waals surface area contributed by atoms with Gasteiger partial charge in [0.25, 0.3) is 5.56 Å². The molecule has 0 amide bonds. The number of hydrogen-bond donors (Lipinski definition) is 2. The monoisotopic (exact) mass is 194 g/mol. The first-order valence-corrected chi connectivity index (χ1v) is 4.46. The van der Waals surface area contributed by atoms with Crippen LogP contribution in [-0.2, 0) is 11.2 Å². The summed E-state index contributed by atoms with van der Waals surface area (Å²) < 4.78 is 0. The highest BCUT2D eigenvalue weighted by atomic mass is 16.4. The predicted molar refractivity (Wildman–Crippen MR) is 48.2 cm³/mol. The predicted octanol–water partition coefficient (Wildman–Crippen LogP) is 0.274. The lowest BCUT2D eigenvalue weighted by atomic mass is 10.0. The van der Waals surface area contributed by atoms with E-state index in [0.717, 1.165) is 5.69 Å². The number of carboxylic acid groups (broad SMARTS) is 1. The number of nitrogens with zero attached hydrogens (tertiary/aromatic N) is 1. The Hall–Kier alpha value is -1.65. The third-order valence-corrected chi connectivity index (χ3v) is 2.53. The molecule has 5 heteroatoms. The summed E-state index contributed by atoms with van der Waals surface area (Å²) in [5.74, 6) is -1.04. The lowest BCUT2D eigenvalue weighted by Crippen LogP contribution is -2.17. The Kier molecular flexibility index (Phi) is 2.07. The second-order valence-electron chi connectivity index (χ2n) is 3.43. The number of nitrogens with one attached hydrogen (secondary N) is 1. The van der Waals surface area contributed by atoms with Gasteiger partial charge in [0.15, 0.2) is 0 Å². The summed E-state index contributed by atoms with van der Waals surface area (Å²) in [6, 6.07) is 0. The smallest absolute Gasteiger partial charge is 0.303 e. The molecule has 1 aromatic rings. The third kappa shape index (κ3) is 1.41. The maximum atomic E-state index is 11.4. The van der Waals surface area contributed by atoms with E-state index in [1.54, 1.807) is 0 Å². The molecular weight excluding hydrogens is 184 g/mol. The van der Waals surface area contributed by atoms with Crippen LogP contribution in [0.2, 0.25) is 0 Å². The zero-order valence-electron chi connectivity index (χ0n) is 7.49. The Morgan fingerprint density at radius 3 is 3.21 bits per heavy atom. The molecule has 14 heavy (non-hydrogen) atoms. The van der Waals surface area contributed by atoms with Crippen LogP contribution in [0, 0.1) is 0 Å². The molecule has 0 fully saturated rings. The Bertz CT molecular complexity index is 424. The number of aromatic nitrogens is 2. The molecule has 1 aliphatic rings. The molecule has 74 valence electrons. The lowest BCUT2D eigenvalue weighted by molar-refractivity contribution is -0.137. The number of hydrogen-bond acceptors (Lipinski definition) is 3. The zero-order valence-corrected chi connectivity index (χ0v) is 7.49. The molecule has 2 N–H and O–H groups in total. The van der Waals surface area contributed by atoms with Crippen molar-refractivity contribution in [1.82, 2.24) is 9.97 Å². The van der Waals surface area contributed by atoms with Gasteiger partial charge in [0.05, 0.1) is 18.4 Å². The minimum atomic E-state index is -0.869. The number of aromatic amines is 1. The standard InChI is InChI=1S/C9H10N2O3/c12-7(13)3-5-1-2-6-8(5)9(14)11-4-10-6/h4-5H,1-3H2,(H,12,13)(H,10,11,14). The largest absolute Gasteiger partial charge is 0.481 e. The normalized spacial score (nSPS) is 19.3. The van der Waals surface area contributed by atoms with Crippen molar-refractivity contribution in [3.05, 3.63) is 27.9 Å². The van der Waals surface area contributed by atoms with Gasteiger partial charge in [-0.1, -0.05) is 0 Å². The van der Waals surface area contributed by atoms with Gasteiger partial charge in [-0.05, 0) is 12.8 Å². The third-order valence-electron chi connectivity index (χ3n) is 2.53. The van der Waals surface area contributed by atoms with E-state index in [9.17, 15) is 9.59 Å². The first-order chi connectivity index (χ1) is 6.68. The highest BCUT2D eigenvalue weighted by Crippen LogP contribution is 2.31. The molecule has 0 spiro atoms. The van der Waals surface area contributed by atoms with Gasteiger partial charge in [0, 0.05) is 11.5 Å². The van der Waals surface area contributed by atoms with Crippen LogP contribution in [-0.4, -0.2) is 21.0 Å². The van der Waals surface area contributed by atoms with Gasteiger partial charge in [0.2, 0.25) is 0 Å². The summed E-state index contributed by atoms with van der Waals surface area (Å²) in [7, 11) is 0. The number of aliphatic carboxylic acids is 1. The van der Waals surface area contributed by atoms with Gasteiger partial charge < -0.3 is 10.1 Å². The minimum Gasteiger partial charge on any atom is -0.481 e. The summed E-state index contributed by atoms with van der Waals surface area (Å²) in [6.07, 6.45) is 2.80. The maximum Gasteiger partial charge on any atom is 0.303 e. The van der Waals surface area contributed by atoms with Crippen molar-refractivity contribution in [2.75, 3.05) is 0 Å². The average Bonchev–Trinajstić information content (AvgIpc) is 2.49. The molecule has 1 heterocycles. The molecule has 0 radical (unpaired) electrons. The number of carboxylic acids is 1. The topological polar surface area (TPSA) is 83.0 Å². The Morgan fingerprint density at radius 1 is 1.71 bits per heavy atom. The minimum absolute atomic E-state index is 0.0156. The fourth-order valence-electron chi connectivity index (χ4n) is 1.94. The van der Waals surface area contributed by atoms with E-state index in [-0.39, 0.29) is 17.9 Å². The van der Waals surface area contributed by atoms with Crippen LogP contribution in [0.5, 0.6) is 0 Å². The summed E-state index contributed by atoms with van der Waals surface area (Å²) >= 11 is 0. The Morgan fingerprint density at radius 2 is 2.50 bits per heavy atom. The SMILES string of the molecule is O=C(O)CC1CCc2nc[nH]c(=O)c21. The van der Waals surface area contributed by atoms with Crippen molar-refractivity contribution in [2.24, 2.45) is 0 Å². The van der Waals surface area contributed by atoms with Crippen LogP contribution in [0.25, 0.3) is 0 Å². The van der Waals surface area contributed by atoms with Crippen molar-refractivity contribution in [3.8, 4) is 0 Å². The van der Waals surface area contributed by atoms with E-state index < -0.39 is 5.97 Å². The molecule has 0 saturated carbocycles. The maximum absolute atomic E-state index is 11.4. The summed E-state index contributed by atoms with van der Waals surface area (Å²) in [6.45, 7) is 0. The average molecular weight is 194 g/mol. The van der Waals surface area contributed by atoms with E-state index in [2.05, 4.69) is 9.97 Å². The van der Waals surface area contributed by atoms with Crippen LogP contribution in [0.3, 0.4) is 0 Å². The van der Waals surface area contributed by atoms with Crippen LogP contribution in [0.4, 0.5) is 0 Å². The molecule has 0 bridgehead atoms. The quantitative estimate of drug-likeness (QED) is 0.708. The van der Waals surface area contributed by atoms with Crippen LogP contribution in [0.1, 0.15) is 30.0 Å². The second kappa shape index (κ2) is 3.25. The summed E-state index contributed by atoms with van der Waals surface area (Å²) in [5, 5.41) is 8.66. The molecule has 0 aliphatic heterocycles. The van der Waals surface area contributed by atoms with Crippen LogP contribution >= 0.6 is 0 Å². The molecule has 1 aromatic heterocycles. The number of fused-ring (bicyclic) bond motifs is 1. The van der Waals surface area contributed by atoms with Crippen molar-refractivity contribution in [1.29, 1.82) is 0 Å². The molecule has 1 aliphatic carbocycles. The number of carbonyl (C=O) groups is 1. The molecule has 0 saturated heterocycles. The van der Waals surface area contributed by atoms with Gasteiger partial charge in [-0.3, -0.25) is 9.59 Å². The van der Waals surface area contributed by atoms with Crippen LogP contribution < -0.4 is 5.56 Å². The fourth-order valence-corrected chi connectivity index (χ4v) is 1.94. The van der Waals surface area contributed by atoms with Crippen molar-refractivity contribution in [3.63, 3.8) is 0 Å². The highest BCUT2D eigenvalue weighted by Gasteiger charge is 2.28. The van der Waals surface area contributed by atoms with Crippen molar-refractivity contribution in [2.45, 2.75) is 25.2 Å². The highest BCUT2D eigenvalue weighted by molar-refractivity contribution is 5.68. The molecule has 2 rings (SSSR count). The molecule has 5 nitrogen and oxygen atoms in total. The Labute approximate surface area is 79.8 Å². The first kappa shape index (κ1) is 8.93. The molecule has 0 aromatic carbocycles. The zero-order chi connectivity index (χ0) is 10.1. The van der Waals surface area contributed by atoms with E-state index >= 15 is 0 Å². The van der Waals surface area contributed by atoms with Crippen molar-refractivity contribution >= 4 is 5.97 Å². The summed E-state index contributed by atoms with van der Waals surface area (Å²) in [5.41, 5.74) is 1.12. The fraction of sp³-hybridized carbons (Fsp3) is 0.444. The summed E-state index contributed by atoms with van der Waals surface area (Å²) in [4.78, 5) is 28.5. The molecule has 1 atom stereocenters. The number of rotatable bonds is 2. The van der Waals surface area contributed by atoms with Gasteiger partial charge in [0.1, 0.15) is 0 Å². The molecule has 1 unspecified atom stereocenters. The van der Waals surface area contributed by atoms with E-state index in [4.69, 9.17) is 5.11 Å². The number of H-pyrrole nitrogens is 1. The van der Waals surface area contributed by atoms with E-state index in [0.29, 0.717) is 18.4 Å². The first-order valence-electron chi connectivity index (χ1n) is 4.46. The Balaban J connectivity index is 2.38. The van der Waals surface area contributed by atoms with E-state index in [1.807, 2.05) is 0 Å².